The topological polar surface area (TPSA) is 82.8 Å². The van der Waals surface area contributed by atoms with Crippen molar-refractivity contribution < 1.29 is 19.4 Å². The fourth-order valence-electron chi connectivity index (χ4n) is 4.20. The minimum absolute atomic E-state index is 0.0273. The number of nitrogens with zero attached hydrogens (tertiary/aromatic N) is 2. The molecule has 162 valence electrons. The van der Waals surface area contributed by atoms with Gasteiger partial charge in [-0.05, 0) is 42.2 Å². The number of fused-ring (bicyclic) bond motifs is 1. The van der Waals surface area contributed by atoms with Crippen molar-refractivity contribution in [1.82, 2.24) is 4.57 Å². The molecule has 2 aromatic carbocycles. The summed E-state index contributed by atoms with van der Waals surface area (Å²) in [5.41, 5.74) is 1.58. The molecule has 1 saturated heterocycles. The van der Waals surface area contributed by atoms with Crippen molar-refractivity contribution in [3.63, 3.8) is 0 Å². The van der Waals surface area contributed by atoms with Gasteiger partial charge in [0, 0.05) is 43.3 Å². The average molecular weight is 445 g/mol. The van der Waals surface area contributed by atoms with E-state index in [0.717, 1.165) is 37.2 Å². The van der Waals surface area contributed by atoms with Crippen LogP contribution in [0.4, 0.5) is 10.1 Å². The maximum Gasteiger partial charge on any atom is 0.341 e. The van der Waals surface area contributed by atoms with Crippen LogP contribution in [0.3, 0.4) is 0 Å². The van der Waals surface area contributed by atoms with Crippen LogP contribution in [0.2, 0.25) is 5.02 Å². The number of benzene rings is 2. The molecule has 4 rings (SSSR count). The Kier molecular flexibility index (Phi) is 5.98. The molecule has 2 N–H and O–H groups in total. The first-order valence-corrected chi connectivity index (χ1v) is 10.5. The van der Waals surface area contributed by atoms with Crippen LogP contribution < -0.4 is 10.3 Å². The van der Waals surface area contributed by atoms with Gasteiger partial charge in [0.15, 0.2) is 0 Å². The van der Waals surface area contributed by atoms with Crippen LogP contribution in [0.15, 0.2) is 41.3 Å². The molecular weight excluding hydrogens is 423 g/mol. The summed E-state index contributed by atoms with van der Waals surface area (Å²) in [4.78, 5) is 26.7. The molecular formula is C23H22ClFN2O4. The summed E-state index contributed by atoms with van der Waals surface area (Å²) in [5.74, 6) is -1.83. The van der Waals surface area contributed by atoms with E-state index >= 15 is 0 Å². The molecule has 0 amide bonds. The van der Waals surface area contributed by atoms with Crippen molar-refractivity contribution in [3.8, 4) is 0 Å². The quantitative estimate of drug-likeness (QED) is 0.606. The summed E-state index contributed by atoms with van der Waals surface area (Å²) in [5, 5.41) is 19.2. The maximum atomic E-state index is 14.6. The van der Waals surface area contributed by atoms with Gasteiger partial charge in [-0.25, -0.2) is 9.18 Å². The largest absolute Gasteiger partial charge is 0.477 e. The van der Waals surface area contributed by atoms with Gasteiger partial charge in [-0.3, -0.25) is 4.79 Å². The van der Waals surface area contributed by atoms with E-state index < -0.39 is 17.2 Å². The van der Waals surface area contributed by atoms with E-state index in [0.29, 0.717) is 11.1 Å². The number of halogens is 2. The van der Waals surface area contributed by atoms with Crippen molar-refractivity contribution in [3.05, 3.63) is 74.3 Å². The lowest BCUT2D eigenvalue weighted by Crippen LogP contribution is -2.23. The Hall–Kier alpha value is -2.90. The summed E-state index contributed by atoms with van der Waals surface area (Å²) in [6, 6.07) is 8.31. The Balaban J connectivity index is 1.97. The molecule has 8 heteroatoms. The zero-order valence-electron chi connectivity index (χ0n) is 16.8. The van der Waals surface area contributed by atoms with Gasteiger partial charge in [0.25, 0.3) is 0 Å². The fraction of sp³-hybridized carbons (Fsp3) is 0.304. The number of carboxylic acids is 1. The second-order valence-electron chi connectivity index (χ2n) is 7.68. The molecule has 0 unspecified atom stereocenters. The summed E-state index contributed by atoms with van der Waals surface area (Å²) in [6.45, 7) is 1.63. The number of aliphatic hydroxyl groups excluding tert-OH is 1. The first-order chi connectivity index (χ1) is 14.9. The highest BCUT2D eigenvalue weighted by molar-refractivity contribution is 6.30. The van der Waals surface area contributed by atoms with Crippen LogP contribution >= 0.6 is 11.6 Å². The number of carbonyl (C=O) groups is 1. The number of aromatic nitrogens is 1. The van der Waals surface area contributed by atoms with Crippen molar-refractivity contribution in [2.75, 3.05) is 24.6 Å². The predicted molar refractivity (Wildman–Crippen MR) is 118 cm³/mol. The third-order valence-corrected chi connectivity index (χ3v) is 6.00. The molecule has 3 aromatic rings. The maximum absolute atomic E-state index is 14.6. The highest BCUT2D eigenvalue weighted by atomic mass is 35.5. The summed E-state index contributed by atoms with van der Waals surface area (Å²) < 4.78 is 16.2. The van der Waals surface area contributed by atoms with E-state index in [2.05, 4.69) is 4.90 Å². The van der Waals surface area contributed by atoms with Gasteiger partial charge in [0.05, 0.1) is 17.1 Å². The minimum Gasteiger partial charge on any atom is -0.477 e. The molecule has 2 heterocycles. The Labute approximate surface area is 183 Å². The lowest BCUT2D eigenvalue weighted by Gasteiger charge is -2.24. The first-order valence-electron chi connectivity index (χ1n) is 10.1. The molecule has 0 aliphatic carbocycles. The molecule has 0 radical (unpaired) electrons. The molecule has 0 bridgehead atoms. The lowest BCUT2D eigenvalue weighted by atomic mass is 9.98. The van der Waals surface area contributed by atoms with Crippen molar-refractivity contribution in [1.29, 1.82) is 0 Å². The van der Waals surface area contributed by atoms with Gasteiger partial charge in [-0.15, -0.1) is 0 Å². The van der Waals surface area contributed by atoms with Crippen LogP contribution in [-0.4, -0.2) is 40.4 Å². The minimum atomic E-state index is -1.33. The van der Waals surface area contributed by atoms with E-state index in [1.807, 2.05) is 6.07 Å². The fourth-order valence-corrected chi connectivity index (χ4v) is 4.39. The number of hydrogen-bond donors (Lipinski definition) is 2. The first kappa shape index (κ1) is 21.3. The number of carboxylic acid groups (broad SMARTS) is 1. The normalized spacial score (nSPS) is 13.8. The van der Waals surface area contributed by atoms with Crippen LogP contribution in [0.1, 0.15) is 34.3 Å². The number of pyridine rings is 1. The van der Waals surface area contributed by atoms with Gasteiger partial charge in [-0.2, -0.15) is 0 Å². The number of aromatic carboxylic acids is 1. The third kappa shape index (κ3) is 4.03. The van der Waals surface area contributed by atoms with Gasteiger partial charge in [-0.1, -0.05) is 23.7 Å². The van der Waals surface area contributed by atoms with Gasteiger partial charge in [0.1, 0.15) is 11.4 Å². The molecule has 0 atom stereocenters. The summed E-state index contributed by atoms with van der Waals surface area (Å²) >= 11 is 5.95. The standard InChI is InChI=1S/C23H22ClFN2O4/c24-18-5-3-4-14(21(18)25)10-15-11-16-20(12-19(15)26-6-1-2-7-26)27(8-9-28)13-17(22(16)29)23(30)31/h3-5,11-13,28H,1-2,6-10H2,(H,30,31). The molecule has 1 aliphatic heterocycles. The Morgan fingerprint density at radius 3 is 2.58 bits per heavy atom. The van der Waals surface area contributed by atoms with Crippen LogP contribution in [0.5, 0.6) is 0 Å². The van der Waals surface area contributed by atoms with Crippen LogP contribution in [0.25, 0.3) is 10.9 Å². The number of rotatable bonds is 6. The Morgan fingerprint density at radius 2 is 1.90 bits per heavy atom. The predicted octanol–water partition coefficient (Wildman–Crippen LogP) is 3.68. The second-order valence-corrected chi connectivity index (χ2v) is 8.08. The highest BCUT2D eigenvalue weighted by Crippen LogP contribution is 2.32. The van der Waals surface area contributed by atoms with Crippen molar-refractivity contribution in [2.45, 2.75) is 25.8 Å². The molecule has 1 aliphatic rings. The Bertz CT molecular complexity index is 1220. The smallest absolute Gasteiger partial charge is 0.341 e. The molecule has 6 nitrogen and oxygen atoms in total. The second kappa shape index (κ2) is 8.69. The molecule has 0 saturated carbocycles. The van der Waals surface area contributed by atoms with Gasteiger partial charge >= 0.3 is 5.97 Å². The molecule has 1 fully saturated rings. The van der Waals surface area contributed by atoms with Crippen LogP contribution in [0, 0.1) is 5.82 Å². The zero-order chi connectivity index (χ0) is 22.1. The van der Waals surface area contributed by atoms with Crippen molar-refractivity contribution in [2.24, 2.45) is 0 Å². The van der Waals surface area contributed by atoms with Crippen molar-refractivity contribution >= 4 is 34.2 Å². The molecule has 0 spiro atoms. The Morgan fingerprint density at radius 1 is 1.16 bits per heavy atom. The number of hydrogen-bond acceptors (Lipinski definition) is 4. The van der Waals surface area contributed by atoms with E-state index in [4.69, 9.17) is 11.6 Å². The zero-order valence-corrected chi connectivity index (χ0v) is 17.5. The molecule has 1 aromatic heterocycles. The van der Waals surface area contributed by atoms with E-state index in [1.165, 1.54) is 12.3 Å². The van der Waals surface area contributed by atoms with Gasteiger partial charge < -0.3 is 19.7 Å². The summed E-state index contributed by atoms with van der Waals surface area (Å²) in [7, 11) is 0. The monoisotopic (exact) mass is 444 g/mol. The highest BCUT2D eigenvalue weighted by Gasteiger charge is 2.22. The molecule has 31 heavy (non-hydrogen) atoms. The van der Waals surface area contributed by atoms with E-state index in [1.54, 1.807) is 22.8 Å². The number of anilines is 1. The van der Waals surface area contributed by atoms with Gasteiger partial charge in [0.2, 0.25) is 5.43 Å². The van der Waals surface area contributed by atoms with E-state index in [-0.39, 0.29) is 35.5 Å². The van der Waals surface area contributed by atoms with Crippen LogP contribution in [-0.2, 0) is 13.0 Å². The number of aliphatic hydroxyl groups is 1. The summed E-state index contributed by atoms with van der Waals surface area (Å²) in [6.07, 6.45) is 3.55. The van der Waals surface area contributed by atoms with E-state index in [9.17, 15) is 24.2 Å². The lowest BCUT2D eigenvalue weighted by molar-refractivity contribution is 0.0694. The average Bonchev–Trinajstić information content (AvgIpc) is 3.27. The SMILES string of the molecule is O=C(O)c1cn(CCO)c2cc(N3CCCC3)c(Cc3cccc(Cl)c3F)cc2c1=O. The third-order valence-electron chi connectivity index (χ3n) is 5.71.